The lowest BCUT2D eigenvalue weighted by atomic mass is 9.94. The molecule has 1 saturated heterocycles. The minimum atomic E-state index is -0.557. The first kappa shape index (κ1) is 14.4. The summed E-state index contributed by atoms with van der Waals surface area (Å²) >= 11 is 0. The third-order valence-electron chi connectivity index (χ3n) is 3.82. The Morgan fingerprint density at radius 1 is 1.42 bits per heavy atom. The first-order chi connectivity index (χ1) is 9.02. The number of aryl methyl sites for hydroxylation is 1. The molecule has 0 radical (unpaired) electrons. The Bertz CT molecular complexity index is 429. The molecule has 0 spiro atoms. The molecule has 1 fully saturated rings. The molecule has 3 heteroatoms. The zero-order valence-corrected chi connectivity index (χ0v) is 12.4. The number of β-amino-alcohol motifs (C(OH)–C–C–N with tert-alkyl or cyclic N) is 1. The van der Waals surface area contributed by atoms with Crippen molar-refractivity contribution in [1.29, 1.82) is 0 Å². The van der Waals surface area contributed by atoms with Crippen LogP contribution in [-0.2, 0) is 6.54 Å². The smallest absolute Gasteiger partial charge is 0.0794 e. The molecule has 1 aromatic carbocycles. The van der Waals surface area contributed by atoms with Gasteiger partial charge in [0.2, 0.25) is 0 Å². The van der Waals surface area contributed by atoms with E-state index >= 15 is 0 Å². The number of piperidine rings is 1. The van der Waals surface area contributed by atoms with Gasteiger partial charge >= 0.3 is 0 Å². The Hall–Kier alpha value is -1.06. The van der Waals surface area contributed by atoms with Crippen molar-refractivity contribution >= 4 is 5.69 Å². The van der Waals surface area contributed by atoms with Crippen molar-refractivity contribution in [2.24, 2.45) is 0 Å². The molecular formula is C16H26N2O. The maximum absolute atomic E-state index is 10.3. The maximum Gasteiger partial charge on any atom is 0.0794 e. The van der Waals surface area contributed by atoms with Crippen LogP contribution in [0.2, 0.25) is 0 Å². The monoisotopic (exact) mass is 262 g/mol. The summed E-state index contributed by atoms with van der Waals surface area (Å²) in [5.41, 5.74) is 3.34. The van der Waals surface area contributed by atoms with Crippen molar-refractivity contribution in [3.05, 3.63) is 29.3 Å². The van der Waals surface area contributed by atoms with Crippen LogP contribution < -0.4 is 10.2 Å². The van der Waals surface area contributed by atoms with Crippen LogP contribution in [0.25, 0.3) is 0 Å². The van der Waals surface area contributed by atoms with E-state index in [-0.39, 0.29) is 0 Å². The minimum Gasteiger partial charge on any atom is -0.388 e. The van der Waals surface area contributed by atoms with Gasteiger partial charge in [0.25, 0.3) is 0 Å². The van der Waals surface area contributed by atoms with Crippen molar-refractivity contribution in [2.75, 3.05) is 24.5 Å². The van der Waals surface area contributed by atoms with Crippen LogP contribution in [0.1, 0.15) is 37.8 Å². The predicted octanol–water partition coefficient (Wildman–Crippen LogP) is 2.46. The molecule has 2 rings (SSSR count). The molecule has 1 aromatic rings. The molecule has 0 aromatic heterocycles. The van der Waals surface area contributed by atoms with Crippen LogP contribution in [0.5, 0.6) is 0 Å². The number of nitrogens with one attached hydrogen (secondary N) is 1. The summed E-state index contributed by atoms with van der Waals surface area (Å²) in [6.45, 7) is 9.84. The Morgan fingerprint density at radius 3 is 2.89 bits per heavy atom. The van der Waals surface area contributed by atoms with E-state index < -0.39 is 5.60 Å². The van der Waals surface area contributed by atoms with E-state index in [1.807, 2.05) is 6.92 Å². The number of anilines is 1. The highest BCUT2D eigenvalue weighted by Gasteiger charge is 2.29. The minimum absolute atomic E-state index is 0.557. The summed E-state index contributed by atoms with van der Waals surface area (Å²) in [5.74, 6) is 0. The van der Waals surface area contributed by atoms with Crippen molar-refractivity contribution in [3.8, 4) is 0 Å². The fourth-order valence-corrected chi connectivity index (χ4v) is 2.85. The van der Waals surface area contributed by atoms with Crippen molar-refractivity contribution in [2.45, 2.75) is 45.8 Å². The van der Waals surface area contributed by atoms with Crippen LogP contribution >= 0.6 is 0 Å². The quantitative estimate of drug-likeness (QED) is 0.875. The summed E-state index contributed by atoms with van der Waals surface area (Å²) in [6, 6.07) is 6.61. The van der Waals surface area contributed by atoms with Crippen molar-refractivity contribution < 1.29 is 5.11 Å². The van der Waals surface area contributed by atoms with Crippen LogP contribution in [0, 0.1) is 6.92 Å². The van der Waals surface area contributed by atoms with Gasteiger partial charge in [0.1, 0.15) is 0 Å². The summed E-state index contributed by atoms with van der Waals surface area (Å²) < 4.78 is 0. The standard InChI is InChI=1S/C16H26N2O/c1-4-17-11-14-10-13(2)6-7-15(14)18-9-5-8-16(3,19)12-18/h6-7,10,17,19H,4-5,8-9,11-12H2,1-3H3. The number of nitrogens with zero attached hydrogens (tertiary/aromatic N) is 1. The van der Waals surface area contributed by atoms with E-state index in [0.717, 1.165) is 39.0 Å². The Balaban J connectivity index is 2.22. The third kappa shape index (κ3) is 3.71. The maximum atomic E-state index is 10.3. The molecule has 19 heavy (non-hydrogen) atoms. The van der Waals surface area contributed by atoms with E-state index in [9.17, 15) is 5.11 Å². The van der Waals surface area contributed by atoms with E-state index in [2.05, 4.69) is 42.3 Å². The summed E-state index contributed by atoms with van der Waals surface area (Å²) in [6.07, 6.45) is 1.96. The van der Waals surface area contributed by atoms with Crippen molar-refractivity contribution in [3.63, 3.8) is 0 Å². The molecule has 1 aliphatic rings. The Kier molecular flexibility index (Phi) is 4.48. The van der Waals surface area contributed by atoms with Gasteiger partial charge in [-0.25, -0.2) is 0 Å². The molecule has 1 unspecified atom stereocenters. The number of hydrogen-bond donors (Lipinski definition) is 2. The fourth-order valence-electron chi connectivity index (χ4n) is 2.85. The first-order valence-corrected chi connectivity index (χ1v) is 7.29. The average Bonchev–Trinajstić information content (AvgIpc) is 2.35. The molecule has 0 aliphatic carbocycles. The normalized spacial score (nSPS) is 23.7. The molecule has 1 aliphatic heterocycles. The van der Waals surface area contributed by atoms with Gasteiger partial charge in [-0.3, -0.25) is 0 Å². The average molecular weight is 262 g/mol. The van der Waals surface area contributed by atoms with Crippen LogP contribution in [0.15, 0.2) is 18.2 Å². The highest BCUT2D eigenvalue weighted by molar-refractivity contribution is 5.55. The number of benzene rings is 1. The molecule has 0 saturated carbocycles. The number of hydrogen-bond acceptors (Lipinski definition) is 3. The van der Waals surface area contributed by atoms with Gasteiger partial charge in [0.05, 0.1) is 5.60 Å². The topological polar surface area (TPSA) is 35.5 Å². The lowest BCUT2D eigenvalue weighted by Crippen LogP contribution is -2.46. The highest BCUT2D eigenvalue weighted by atomic mass is 16.3. The second-order valence-corrected chi connectivity index (χ2v) is 5.93. The van der Waals surface area contributed by atoms with Crippen LogP contribution in [-0.4, -0.2) is 30.3 Å². The predicted molar refractivity (Wildman–Crippen MR) is 80.6 cm³/mol. The third-order valence-corrected chi connectivity index (χ3v) is 3.82. The molecule has 0 amide bonds. The van der Waals surface area contributed by atoms with Gasteiger partial charge in [0.15, 0.2) is 0 Å². The summed E-state index contributed by atoms with van der Waals surface area (Å²) in [5, 5.41) is 13.7. The lowest BCUT2D eigenvalue weighted by Gasteiger charge is -2.39. The van der Waals surface area contributed by atoms with Crippen LogP contribution in [0.4, 0.5) is 5.69 Å². The number of aliphatic hydroxyl groups is 1. The van der Waals surface area contributed by atoms with Gasteiger partial charge < -0.3 is 15.3 Å². The fraction of sp³-hybridized carbons (Fsp3) is 0.625. The van der Waals surface area contributed by atoms with E-state index in [1.165, 1.54) is 16.8 Å². The first-order valence-electron chi connectivity index (χ1n) is 7.29. The second-order valence-electron chi connectivity index (χ2n) is 5.93. The molecule has 3 nitrogen and oxygen atoms in total. The SMILES string of the molecule is CCNCc1cc(C)ccc1N1CCCC(C)(O)C1. The Labute approximate surface area is 116 Å². The van der Waals surface area contributed by atoms with Gasteiger partial charge in [0, 0.05) is 25.3 Å². The second kappa shape index (κ2) is 5.93. The van der Waals surface area contributed by atoms with Gasteiger partial charge in [-0.1, -0.05) is 24.6 Å². The van der Waals surface area contributed by atoms with Gasteiger partial charge in [-0.05, 0) is 44.9 Å². The number of rotatable bonds is 4. The largest absolute Gasteiger partial charge is 0.388 e. The zero-order valence-electron chi connectivity index (χ0n) is 12.4. The molecule has 1 atom stereocenters. The van der Waals surface area contributed by atoms with E-state index in [0.29, 0.717) is 0 Å². The molecular weight excluding hydrogens is 236 g/mol. The summed E-state index contributed by atoms with van der Waals surface area (Å²) in [4.78, 5) is 2.33. The molecule has 0 bridgehead atoms. The van der Waals surface area contributed by atoms with Gasteiger partial charge in [-0.15, -0.1) is 0 Å². The Morgan fingerprint density at radius 2 is 2.21 bits per heavy atom. The van der Waals surface area contributed by atoms with Crippen molar-refractivity contribution in [1.82, 2.24) is 5.32 Å². The van der Waals surface area contributed by atoms with Gasteiger partial charge in [-0.2, -0.15) is 0 Å². The zero-order chi connectivity index (χ0) is 13.9. The molecule has 106 valence electrons. The highest BCUT2D eigenvalue weighted by Crippen LogP contribution is 2.29. The van der Waals surface area contributed by atoms with E-state index in [1.54, 1.807) is 0 Å². The molecule has 1 heterocycles. The van der Waals surface area contributed by atoms with Crippen LogP contribution in [0.3, 0.4) is 0 Å². The summed E-state index contributed by atoms with van der Waals surface area (Å²) in [7, 11) is 0. The molecule has 2 N–H and O–H groups in total. The lowest BCUT2D eigenvalue weighted by molar-refractivity contribution is 0.0449. The van der Waals surface area contributed by atoms with E-state index in [4.69, 9.17) is 0 Å².